The van der Waals surface area contributed by atoms with E-state index in [1.165, 1.54) is 22.3 Å². The Morgan fingerprint density at radius 2 is 1.30 bits per heavy atom. The molecule has 0 saturated heterocycles. The summed E-state index contributed by atoms with van der Waals surface area (Å²) < 4.78 is 0. The molecule has 2 aromatic carbocycles. The van der Waals surface area contributed by atoms with Crippen molar-refractivity contribution in [2.75, 3.05) is 0 Å². The number of rotatable bonds is 3. The fourth-order valence-corrected chi connectivity index (χ4v) is 2.04. The lowest BCUT2D eigenvalue weighted by Crippen LogP contribution is -1.89. The number of benzene rings is 2. The van der Waals surface area contributed by atoms with Crippen LogP contribution in [0.5, 0.6) is 0 Å². The highest BCUT2D eigenvalue weighted by Gasteiger charge is 2.00. The van der Waals surface area contributed by atoms with Crippen molar-refractivity contribution in [1.82, 2.24) is 0 Å². The topological polar surface area (TPSA) is 0 Å². The van der Waals surface area contributed by atoms with Crippen LogP contribution in [0.25, 0.3) is 12.2 Å². The molecule has 0 amide bonds. The van der Waals surface area contributed by atoms with Crippen molar-refractivity contribution in [3.05, 3.63) is 83.9 Å². The fraction of sp³-hybridized carbons (Fsp3) is 0.200. The van der Waals surface area contributed by atoms with Crippen LogP contribution in [0.15, 0.2) is 61.7 Å². The maximum Gasteiger partial charge on any atom is -0.0213 e. The minimum Gasteiger partial charge on any atom is -0.0985 e. The highest BCUT2D eigenvalue weighted by atomic mass is 14.1. The summed E-state index contributed by atoms with van der Waals surface area (Å²) in [5, 5.41) is 0. The van der Waals surface area contributed by atoms with Crippen molar-refractivity contribution in [3.8, 4) is 0 Å². The van der Waals surface area contributed by atoms with E-state index >= 15 is 0 Å². The van der Waals surface area contributed by atoms with Crippen LogP contribution >= 0.6 is 0 Å². The van der Waals surface area contributed by atoms with Crippen LogP contribution in [0, 0.1) is 6.92 Å². The van der Waals surface area contributed by atoms with Crippen LogP contribution in [0.1, 0.15) is 42.0 Å². The zero-order valence-electron chi connectivity index (χ0n) is 12.8. The first-order chi connectivity index (χ1) is 9.60. The lowest BCUT2D eigenvalue weighted by Gasteiger charge is -2.08. The summed E-state index contributed by atoms with van der Waals surface area (Å²) in [5.74, 6) is 0.587. The van der Waals surface area contributed by atoms with E-state index in [4.69, 9.17) is 0 Å². The van der Waals surface area contributed by atoms with E-state index < -0.39 is 0 Å². The Bertz CT molecular complexity index is 562. The zero-order chi connectivity index (χ0) is 15.0. The largest absolute Gasteiger partial charge is 0.0985 e. The van der Waals surface area contributed by atoms with Crippen molar-refractivity contribution in [2.24, 2.45) is 0 Å². The molecule has 0 N–H and O–H groups in total. The van der Waals surface area contributed by atoms with Gasteiger partial charge in [0.25, 0.3) is 0 Å². The summed E-state index contributed by atoms with van der Waals surface area (Å²) in [6, 6.07) is 16.6. The summed E-state index contributed by atoms with van der Waals surface area (Å²) >= 11 is 0. The fourth-order valence-electron chi connectivity index (χ4n) is 2.04. The quantitative estimate of drug-likeness (QED) is 0.629. The molecule has 0 radical (unpaired) electrons. The van der Waals surface area contributed by atoms with Crippen LogP contribution in [0.4, 0.5) is 0 Å². The highest BCUT2D eigenvalue weighted by molar-refractivity contribution is 5.52. The standard InChI is InChI=1S/C11H14.C9H10/c1-4-10-7-5-6-8-11(10)9(2)3;1-3-9-7-5-4-6-8(9)2/h4-9H,1H2,2-3H3;3-7H,1H2,2H3. The van der Waals surface area contributed by atoms with Crippen molar-refractivity contribution in [1.29, 1.82) is 0 Å². The number of aryl methyl sites for hydroxylation is 1. The van der Waals surface area contributed by atoms with Gasteiger partial charge in [-0.1, -0.05) is 87.7 Å². The molecule has 0 spiro atoms. The molecule has 0 aromatic heterocycles. The molecule has 0 aliphatic rings. The summed E-state index contributed by atoms with van der Waals surface area (Å²) in [6.07, 6.45) is 3.78. The minimum atomic E-state index is 0.587. The van der Waals surface area contributed by atoms with Gasteiger partial charge in [-0.3, -0.25) is 0 Å². The molecule has 0 aliphatic carbocycles. The van der Waals surface area contributed by atoms with Crippen LogP contribution in [-0.4, -0.2) is 0 Å². The SMILES string of the molecule is C=Cc1ccccc1C.C=Cc1ccccc1C(C)C. The first kappa shape index (κ1) is 16.0. The summed E-state index contributed by atoms with van der Waals surface area (Å²) in [5.41, 5.74) is 5.13. The number of hydrogen-bond donors (Lipinski definition) is 0. The third-order valence-corrected chi connectivity index (χ3v) is 3.25. The Balaban J connectivity index is 0.000000204. The summed E-state index contributed by atoms with van der Waals surface area (Å²) in [6.45, 7) is 13.9. The first-order valence-electron chi connectivity index (χ1n) is 6.99. The van der Waals surface area contributed by atoms with Crippen molar-refractivity contribution in [3.63, 3.8) is 0 Å². The van der Waals surface area contributed by atoms with Gasteiger partial charge >= 0.3 is 0 Å². The van der Waals surface area contributed by atoms with Gasteiger partial charge in [-0.15, -0.1) is 0 Å². The van der Waals surface area contributed by atoms with Crippen LogP contribution in [0.2, 0.25) is 0 Å². The van der Waals surface area contributed by atoms with E-state index in [9.17, 15) is 0 Å². The van der Waals surface area contributed by atoms with Gasteiger partial charge in [-0.05, 0) is 35.1 Å². The minimum absolute atomic E-state index is 0.587. The molecule has 0 heterocycles. The van der Waals surface area contributed by atoms with Gasteiger partial charge in [-0.25, -0.2) is 0 Å². The molecule has 2 rings (SSSR count). The van der Waals surface area contributed by atoms with E-state index in [1.54, 1.807) is 0 Å². The second-order valence-corrected chi connectivity index (χ2v) is 5.05. The molecule has 0 fully saturated rings. The normalized spacial score (nSPS) is 9.60. The maximum absolute atomic E-state index is 3.77. The van der Waals surface area contributed by atoms with Gasteiger partial charge in [0.15, 0.2) is 0 Å². The smallest absolute Gasteiger partial charge is 0.0213 e. The Kier molecular flexibility index (Phi) is 6.52. The molecule has 0 unspecified atom stereocenters. The summed E-state index contributed by atoms with van der Waals surface area (Å²) in [4.78, 5) is 0. The molecule has 0 bridgehead atoms. The Hall–Kier alpha value is -2.08. The molecule has 0 heteroatoms. The van der Waals surface area contributed by atoms with Gasteiger partial charge in [0.1, 0.15) is 0 Å². The third kappa shape index (κ3) is 4.55. The molecular formula is C20H24. The van der Waals surface area contributed by atoms with Crippen LogP contribution in [-0.2, 0) is 0 Å². The van der Waals surface area contributed by atoms with Crippen molar-refractivity contribution in [2.45, 2.75) is 26.7 Å². The Labute approximate surface area is 123 Å². The van der Waals surface area contributed by atoms with E-state index in [2.05, 4.69) is 64.3 Å². The zero-order valence-corrected chi connectivity index (χ0v) is 12.8. The lowest BCUT2D eigenvalue weighted by atomic mass is 9.97. The van der Waals surface area contributed by atoms with Gasteiger partial charge < -0.3 is 0 Å². The van der Waals surface area contributed by atoms with E-state index in [0.717, 1.165) is 0 Å². The van der Waals surface area contributed by atoms with Crippen molar-refractivity contribution < 1.29 is 0 Å². The molecule has 104 valence electrons. The second kappa shape index (κ2) is 8.16. The van der Waals surface area contributed by atoms with E-state index in [-0.39, 0.29) is 0 Å². The van der Waals surface area contributed by atoms with E-state index in [0.29, 0.717) is 5.92 Å². The van der Waals surface area contributed by atoms with E-state index in [1.807, 2.05) is 30.4 Å². The molecular weight excluding hydrogens is 240 g/mol. The molecule has 0 nitrogen and oxygen atoms in total. The maximum atomic E-state index is 3.77. The predicted octanol–water partition coefficient (Wildman–Crippen LogP) is 6.09. The van der Waals surface area contributed by atoms with Crippen LogP contribution < -0.4 is 0 Å². The molecule has 2 aromatic rings. The van der Waals surface area contributed by atoms with Gasteiger partial charge in [-0.2, -0.15) is 0 Å². The summed E-state index contributed by atoms with van der Waals surface area (Å²) in [7, 11) is 0. The second-order valence-electron chi connectivity index (χ2n) is 5.05. The van der Waals surface area contributed by atoms with Gasteiger partial charge in [0, 0.05) is 0 Å². The molecule has 20 heavy (non-hydrogen) atoms. The third-order valence-electron chi connectivity index (χ3n) is 3.25. The monoisotopic (exact) mass is 264 g/mol. The molecule has 0 saturated carbocycles. The Morgan fingerprint density at radius 1 is 0.800 bits per heavy atom. The average Bonchev–Trinajstić information content (AvgIpc) is 2.48. The Morgan fingerprint density at radius 3 is 1.70 bits per heavy atom. The predicted molar refractivity (Wildman–Crippen MR) is 91.9 cm³/mol. The number of hydrogen-bond acceptors (Lipinski definition) is 0. The highest BCUT2D eigenvalue weighted by Crippen LogP contribution is 2.19. The van der Waals surface area contributed by atoms with Crippen LogP contribution in [0.3, 0.4) is 0 Å². The van der Waals surface area contributed by atoms with Gasteiger partial charge in [0.05, 0.1) is 0 Å². The first-order valence-corrected chi connectivity index (χ1v) is 6.99. The average molecular weight is 264 g/mol. The molecule has 0 aliphatic heterocycles. The van der Waals surface area contributed by atoms with Crippen molar-refractivity contribution >= 4 is 12.2 Å². The lowest BCUT2D eigenvalue weighted by molar-refractivity contribution is 0.864. The molecule has 0 atom stereocenters. The van der Waals surface area contributed by atoms with Gasteiger partial charge in [0.2, 0.25) is 0 Å².